The Morgan fingerprint density at radius 3 is 2.62 bits per heavy atom. The van der Waals surface area contributed by atoms with Crippen LogP contribution in [0.5, 0.6) is 5.75 Å². The first kappa shape index (κ1) is 17.3. The van der Waals surface area contributed by atoms with Gasteiger partial charge in [-0.1, -0.05) is 29.8 Å². The lowest BCUT2D eigenvalue weighted by molar-refractivity contribution is 0.402. The SMILES string of the molecule is COc1ccc(Cl)cc1S(=O)(=O)N[C@@H](C)c1ccc2c(c1)CCC2. The standard InChI is InChI=1S/C18H20ClNO3S/c1-12(14-7-6-13-4-3-5-15(13)10-14)20-24(21,22)18-11-16(19)8-9-17(18)23-2/h6-12,20H,3-5H2,1-2H3/t12-/m0/s1. The molecule has 0 spiro atoms. The molecule has 0 unspecified atom stereocenters. The number of benzene rings is 2. The molecular weight excluding hydrogens is 346 g/mol. The van der Waals surface area contributed by atoms with Crippen LogP contribution < -0.4 is 9.46 Å². The first-order chi connectivity index (χ1) is 11.4. The van der Waals surface area contributed by atoms with Crippen molar-refractivity contribution < 1.29 is 13.2 Å². The third-order valence-corrected chi connectivity index (χ3v) is 6.17. The zero-order valence-corrected chi connectivity index (χ0v) is 15.2. The van der Waals surface area contributed by atoms with Gasteiger partial charge >= 0.3 is 0 Å². The van der Waals surface area contributed by atoms with Crippen LogP contribution >= 0.6 is 11.6 Å². The van der Waals surface area contributed by atoms with Crippen molar-refractivity contribution in [3.63, 3.8) is 0 Å². The van der Waals surface area contributed by atoms with E-state index >= 15 is 0 Å². The Hall–Kier alpha value is -1.56. The van der Waals surface area contributed by atoms with E-state index in [1.807, 2.05) is 13.0 Å². The van der Waals surface area contributed by atoms with E-state index in [2.05, 4.69) is 16.9 Å². The number of aryl methyl sites for hydroxylation is 2. The molecule has 128 valence electrons. The number of halogens is 1. The van der Waals surface area contributed by atoms with Crippen LogP contribution in [-0.2, 0) is 22.9 Å². The highest BCUT2D eigenvalue weighted by Crippen LogP contribution is 2.29. The molecule has 0 bridgehead atoms. The highest BCUT2D eigenvalue weighted by molar-refractivity contribution is 7.89. The van der Waals surface area contributed by atoms with Gasteiger partial charge in [-0.05, 0) is 61.1 Å². The summed E-state index contributed by atoms with van der Waals surface area (Å²) >= 11 is 5.95. The summed E-state index contributed by atoms with van der Waals surface area (Å²) in [6.45, 7) is 1.84. The largest absolute Gasteiger partial charge is 0.495 e. The van der Waals surface area contributed by atoms with Gasteiger partial charge in [-0.15, -0.1) is 0 Å². The van der Waals surface area contributed by atoms with Gasteiger partial charge in [0, 0.05) is 11.1 Å². The van der Waals surface area contributed by atoms with Crippen molar-refractivity contribution in [2.24, 2.45) is 0 Å². The minimum Gasteiger partial charge on any atom is -0.495 e. The van der Waals surface area contributed by atoms with Gasteiger partial charge in [0.15, 0.2) is 0 Å². The quantitative estimate of drug-likeness (QED) is 0.874. The summed E-state index contributed by atoms with van der Waals surface area (Å²) in [6.07, 6.45) is 3.33. The molecule has 0 saturated heterocycles. The normalized spacial score (nSPS) is 15.1. The van der Waals surface area contributed by atoms with Gasteiger partial charge in [0.25, 0.3) is 0 Å². The van der Waals surface area contributed by atoms with Crippen LogP contribution in [0.1, 0.15) is 36.1 Å². The Kier molecular flexibility index (Phi) is 4.85. The van der Waals surface area contributed by atoms with E-state index in [9.17, 15) is 8.42 Å². The second-order valence-electron chi connectivity index (χ2n) is 6.02. The molecule has 2 aromatic rings. The molecule has 4 nitrogen and oxygen atoms in total. The maximum atomic E-state index is 12.7. The molecule has 3 rings (SSSR count). The fraction of sp³-hybridized carbons (Fsp3) is 0.333. The minimum atomic E-state index is -3.75. The van der Waals surface area contributed by atoms with E-state index < -0.39 is 10.0 Å². The average molecular weight is 366 g/mol. The first-order valence-electron chi connectivity index (χ1n) is 7.88. The van der Waals surface area contributed by atoms with Crippen LogP contribution in [0.15, 0.2) is 41.3 Å². The lowest BCUT2D eigenvalue weighted by Crippen LogP contribution is -2.27. The van der Waals surface area contributed by atoms with Gasteiger partial charge in [-0.25, -0.2) is 13.1 Å². The Balaban J connectivity index is 1.88. The third kappa shape index (κ3) is 3.43. The van der Waals surface area contributed by atoms with Crippen molar-refractivity contribution in [3.8, 4) is 5.75 Å². The summed E-state index contributed by atoms with van der Waals surface area (Å²) in [7, 11) is -2.31. The van der Waals surface area contributed by atoms with Gasteiger partial charge in [0.05, 0.1) is 7.11 Å². The monoisotopic (exact) mass is 365 g/mol. The van der Waals surface area contributed by atoms with Crippen LogP contribution in [0, 0.1) is 0 Å². The molecule has 6 heteroatoms. The summed E-state index contributed by atoms with van der Waals surface area (Å²) in [6, 6.07) is 10.4. The number of fused-ring (bicyclic) bond motifs is 1. The van der Waals surface area contributed by atoms with Crippen molar-refractivity contribution in [1.29, 1.82) is 0 Å². The molecule has 0 radical (unpaired) electrons. The topological polar surface area (TPSA) is 55.4 Å². The molecule has 2 aromatic carbocycles. The van der Waals surface area contributed by atoms with Gasteiger partial charge in [-0.3, -0.25) is 0 Å². The molecule has 1 atom stereocenters. The van der Waals surface area contributed by atoms with E-state index in [-0.39, 0.29) is 16.7 Å². The van der Waals surface area contributed by atoms with Crippen LogP contribution in [0.3, 0.4) is 0 Å². The number of hydrogen-bond acceptors (Lipinski definition) is 3. The van der Waals surface area contributed by atoms with Crippen LogP contribution in [-0.4, -0.2) is 15.5 Å². The fourth-order valence-corrected chi connectivity index (χ4v) is 4.75. The maximum Gasteiger partial charge on any atom is 0.244 e. The summed E-state index contributed by atoms with van der Waals surface area (Å²) in [5.74, 6) is 0.271. The fourth-order valence-electron chi connectivity index (χ4n) is 3.09. The number of sulfonamides is 1. The zero-order valence-electron chi connectivity index (χ0n) is 13.7. The van der Waals surface area contributed by atoms with Gasteiger partial charge < -0.3 is 4.74 Å². The molecule has 0 aliphatic heterocycles. The number of nitrogens with one attached hydrogen (secondary N) is 1. The summed E-state index contributed by atoms with van der Waals surface area (Å²) < 4.78 is 33.3. The lowest BCUT2D eigenvalue weighted by Gasteiger charge is -2.17. The molecule has 24 heavy (non-hydrogen) atoms. The van der Waals surface area contributed by atoms with Gasteiger partial charge in [-0.2, -0.15) is 0 Å². The van der Waals surface area contributed by atoms with E-state index in [4.69, 9.17) is 16.3 Å². The van der Waals surface area contributed by atoms with E-state index in [0.717, 1.165) is 18.4 Å². The van der Waals surface area contributed by atoms with Gasteiger partial charge in [0.2, 0.25) is 10.0 Å². The van der Waals surface area contributed by atoms with Crippen molar-refractivity contribution in [2.75, 3.05) is 7.11 Å². The number of methoxy groups -OCH3 is 1. The van der Waals surface area contributed by atoms with E-state index in [0.29, 0.717) is 5.02 Å². The molecule has 1 aliphatic rings. The van der Waals surface area contributed by atoms with E-state index in [1.54, 1.807) is 12.1 Å². The van der Waals surface area contributed by atoms with Crippen molar-refractivity contribution in [2.45, 2.75) is 37.1 Å². The average Bonchev–Trinajstić information content (AvgIpc) is 3.02. The van der Waals surface area contributed by atoms with Crippen LogP contribution in [0.4, 0.5) is 0 Å². The number of rotatable bonds is 5. The Labute approximate surface area is 147 Å². The molecule has 1 aliphatic carbocycles. The van der Waals surface area contributed by atoms with E-state index in [1.165, 1.54) is 30.7 Å². The molecule has 0 aromatic heterocycles. The lowest BCUT2D eigenvalue weighted by atomic mass is 10.0. The predicted molar refractivity (Wildman–Crippen MR) is 95.2 cm³/mol. The Bertz CT molecular complexity index is 865. The van der Waals surface area contributed by atoms with Crippen LogP contribution in [0.2, 0.25) is 5.02 Å². The minimum absolute atomic E-state index is 0.0468. The summed E-state index contributed by atoms with van der Waals surface area (Å²) in [4.78, 5) is 0.0468. The third-order valence-electron chi connectivity index (χ3n) is 4.37. The van der Waals surface area contributed by atoms with Crippen molar-refractivity contribution in [3.05, 3.63) is 58.1 Å². The zero-order chi connectivity index (χ0) is 17.3. The summed E-state index contributed by atoms with van der Waals surface area (Å²) in [5.41, 5.74) is 3.64. The Morgan fingerprint density at radius 1 is 1.12 bits per heavy atom. The Morgan fingerprint density at radius 2 is 1.88 bits per heavy atom. The number of hydrogen-bond donors (Lipinski definition) is 1. The molecule has 1 N–H and O–H groups in total. The molecule has 0 fully saturated rings. The molecule has 0 heterocycles. The smallest absolute Gasteiger partial charge is 0.244 e. The summed E-state index contributed by atoms with van der Waals surface area (Å²) in [5, 5.41) is 0.348. The predicted octanol–water partition coefficient (Wildman–Crippen LogP) is 3.88. The highest BCUT2D eigenvalue weighted by Gasteiger charge is 2.23. The first-order valence-corrected chi connectivity index (χ1v) is 9.74. The molecule has 0 amide bonds. The van der Waals surface area contributed by atoms with Crippen molar-refractivity contribution >= 4 is 21.6 Å². The molecule has 0 saturated carbocycles. The molecular formula is C18H20ClNO3S. The second kappa shape index (κ2) is 6.75. The number of ether oxygens (including phenoxy) is 1. The van der Waals surface area contributed by atoms with Crippen LogP contribution in [0.25, 0.3) is 0 Å². The second-order valence-corrected chi connectivity index (χ2v) is 8.14. The maximum absolute atomic E-state index is 12.7. The van der Waals surface area contributed by atoms with Gasteiger partial charge in [0.1, 0.15) is 10.6 Å². The van der Waals surface area contributed by atoms with Crippen molar-refractivity contribution in [1.82, 2.24) is 4.72 Å². The highest BCUT2D eigenvalue weighted by atomic mass is 35.5.